The highest BCUT2D eigenvalue weighted by Gasteiger charge is 2.39. The molecule has 0 bridgehead atoms. The number of hydrogen-bond donors (Lipinski definition) is 1. The van der Waals surface area contributed by atoms with Crippen LogP contribution in [0.25, 0.3) is 0 Å². The molecule has 0 aliphatic rings. The molecule has 3 aromatic carbocycles. The number of hydrogen-bond acceptors (Lipinski definition) is 5. The SMILES string of the molecule is CC(C)(C)OC(=O)N(CCc1ccc(Oc2ccc(O[Si](C)(C)C(C)(C)C)cc2)cc1)C[C@H](O)c1cccc(Cl)c1. The Morgan fingerprint density at radius 2 is 1.46 bits per heavy atom. The van der Waals surface area contributed by atoms with Gasteiger partial charge in [-0.05, 0) is 105 Å². The number of ether oxygens (including phenoxy) is 2. The number of carbonyl (C=O) groups is 1. The average Bonchev–Trinajstić information content (AvgIpc) is 2.86. The molecule has 41 heavy (non-hydrogen) atoms. The molecule has 8 heteroatoms. The fourth-order valence-corrected chi connectivity index (χ4v) is 4.99. The average molecular weight is 598 g/mol. The van der Waals surface area contributed by atoms with E-state index < -0.39 is 26.1 Å². The third-order valence-electron chi connectivity index (χ3n) is 7.11. The van der Waals surface area contributed by atoms with E-state index in [1.165, 1.54) is 4.90 Å². The minimum Gasteiger partial charge on any atom is -0.543 e. The predicted octanol–water partition coefficient (Wildman–Crippen LogP) is 9.03. The summed E-state index contributed by atoms with van der Waals surface area (Å²) in [4.78, 5) is 14.5. The molecular formula is C33H44ClNO5Si. The summed E-state index contributed by atoms with van der Waals surface area (Å²) in [6.45, 7) is 17.1. The van der Waals surface area contributed by atoms with Gasteiger partial charge in [-0.15, -0.1) is 0 Å². The summed E-state index contributed by atoms with van der Waals surface area (Å²) in [5.74, 6) is 2.30. The van der Waals surface area contributed by atoms with Crippen molar-refractivity contribution in [3.8, 4) is 17.2 Å². The van der Waals surface area contributed by atoms with Gasteiger partial charge in [0.1, 0.15) is 22.8 Å². The van der Waals surface area contributed by atoms with Gasteiger partial charge in [-0.1, -0.05) is 56.6 Å². The lowest BCUT2D eigenvalue weighted by molar-refractivity contribution is 0.0147. The van der Waals surface area contributed by atoms with Gasteiger partial charge >= 0.3 is 6.09 Å². The van der Waals surface area contributed by atoms with E-state index in [0.717, 1.165) is 17.1 Å². The highest BCUT2D eigenvalue weighted by atomic mass is 35.5. The van der Waals surface area contributed by atoms with E-state index in [4.69, 9.17) is 25.5 Å². The van der Waals surface area contributed by atoms with Gasteiger partial charge < -0.3 is 23.9 Å². The number of aliphatic hydroxyl groups is 1. The van der Waals surface area contributed by atoms with Crippen molar-refractivity contribution >= 4 is 26.0 Å². The Balaban J connectivity index is 1.62. The van der Waals surface area contributed by atoms with Crippen molar-refractivity contribution in [3.05, 3.63) is 88.9 Å². The van der Waals surface area contributed by atoms with Crippen molar-refractivity contribution in [1.82, 2.24) is 4.90 Å². The first-order valence-corrected chi connectivity index (χ1v) is 17.3. The third-order valence-corrected chi connectivity index (χ3v) is 11.7. The van der Waals surface area contributed by atoms with Crippen LogP contribution in [0, 0.1) is 0 Å². The molecular weight excluding hydrogens is 554 g/mol. The van der Waals surface area contributed by atoms with Gasteiger partial charge in [0.15, 0.2) is 0 Å². The summed E-state index contributed by atoms with van der Waals surface area (Å²) in [5.41, 5.74) is 1.03. The molecule has 222 valence electrons. The summed E-state index contributed by atoms with van der Waals surface area (Å²) >= 11 is 6.09. The normalized spacial score (nSPS) is 12.9. The van der Waals surface area contributed by atoms with Crippen molar-refractivity contribution in [2.75, 3.05) is 13.1 Å². The zero-order valence-electron chi connectivity index (χ0n) is 25.5. The van der Waals surface area contributed by atoms with E-state index in [1.807, 2.05) is 69.3 Å². The minimum absolute atomic E-state index is 0.0889. The van der Waals surface area contributed by atoms with Gasteiger partial charge in [0.2, 0.25) is 8.32 Å². The second kappa shape index (κ2) is 13.3. The first kappa shape index (κ1) is 32.5. The van der Waals surface area contributed by atoms with E-state index in [2.05, 4.69) is 33.9 Å². The van der Waals surface area contributed by atoms with E-state index in [0.29, 0.717) is 29.3 Å². The van der Waals surface area contributed by atoms with Crippen LogP contribution in [-0.4, -0.2) is 43.1 Å². The van der Waals surface area contributed by atoms with Gasteiger partial charge in [-0.3, -0.25) is 0 Å². The van der Waals surface area contributed by atoms with Crippen LogP contribution < -0.4 is 9.16 Å². The van der Waals surface area contributed by atoms with E-state index in [9.17, 15) is 9.90 Å². The Bertz CT molecular complexity index is 1280. The second-order valence-corrected chi connectivity index (χ2v) is 18.0. The molecule has 0 aromatic heterocycles. The number of nitrogens with zero attached hydrogens (tertiary/aromatic N) is 1. The first-order chi connectivity index (χ1) is 19.0. The predicted molar refractivity (Wildman–Crippen MR) is 169 cm³/mol. The molecule has 0 aliphatic carbocycles. The van der Waals surface area contributed by atoms with Crippen LogP contribution in [0.3, 0.4) is 0 Å². The van der Waals surface area contributed by atoms with Crippen LogP contribution >= 0.6 is 11.6 Å². The second-order valence-electron chi connectivity index (χ2n) is 12.8. The van der Waals surface area contributed by atoms with Crippen molar-refractivity contribution in [2.45, 2.75) is 77.8 Å². The molecule has 6 nitrogen and oxygen atoms in total. The lowest BCUT2D eigenvalue weighted by Gasteiger charge is -2.36. The molecule has 1 amide bonds. The molecule has 0 saturated heterocycles. The summed E-state index contributed by atoms with van der Waals surface area (Å²) in [5, 5.41) is 11.5. The maximum Gasteiger partial charge on any atom is 0.410 e. The lowest BCUT2D eigenvalue weighted by atomic mass is 10.1. The van der Waals surface area contributed by atoms with Crippen LogP contribution in [0.5, 0.6) is 17.2 Å². The topological polar surface area (TPSA) is 68.2 Å². The van der Waals surface area contributed by atoms with Crippen molar-refractivity contribution in [3.63, 3.8) is 0 Å². The first-order valence-electron chi connectivity index (χ1n) is 14.0. The Hall–Kier alpha value is -3.00. The molecule has 0 fully saturated rings. The van der Waals surface area contributed by atoms with Gasteiger partial charge in [-0.25, -0.2) is 4.79 Å². The summed E-state index contributed by atoms with van der Waals surface area (Å²) < 4.78 is 18.0. The maximum atomic E-state index is 13.0. The molecule has 0 heterocycles. The molecule has 3 rings (SSSR count). The van der Waals surface area contributed by atoms with E-state index in [-0.39, 0.29) is 11.6 Å². The van der Waals surface area contributed by atoms with Gasteiger partial charge in [-0.2, -0.15) is 0 Å². The Morgan fingerprint density at radius 3 is 2.00 bits per heavy atom. The molecule has 0 saturated carbocycles. The van der Waals surface area contributed by atoms with Crippen LogP contribution in [0.1, 0.15) is 58.8 Å². The number of halogens is 1. The van der Waals surface area contributed by atoms with Crippen LogP contribution in [-0.2, 0) is 11.2 Å². The number of amides is 1. The molecule has 1 N–H and O–H groups in total. The monoisotopic (exact) mass is 597 g/mol. The Labute approximate surface area is 251 Å². The minimum atomic E-state index is -1.90. The molecule has 1 atom stereocenters. The van der Waals surface area contributed by atoms with Crippen LogP contribution in [0.15, 0.2) is 72.8 Å². The standard InChI is InChI=1S/C33H44ClNO5Si/c1-32(2,3)39-31(37)35(23-30(36)25-10-9-11-26(34)22-25)21-20-24-12-14-27(15-13-24)38-28-16-18-29(19-17-28)40-41(7,8)33(4,5)6/h9-19,22,30,36H,20-21,23H2,1-8H3/t30-/m0/s1. The molecule has 0 unspecified atom stereocenters. The summed E-state index contributed by atoms with van der Waals surface area (Å²) in [6.07, 6.45) is -0.781. The highest BCUT2D eigenvalue weighted by Crippen LogP contribution is 2.37. The smallest absolute Gasteiger partial charge is 0.410 e. The zero-order valence-corrected chi connectivity index (χ0v) is 27.3. The van der Waals surface area contributed by atoms with E-state index in [1.54, 1.807) is 24.3 Å². The van der Waals surface area contributed by atoms with Crippen molar-refractivity contribution in [2.24, 2.45) is 0 Å². The number of benzene rings is 3. The highest BCUT2D eigenvalue weighted by molar-refractivity contribution is 6.74. The Kier molecular flexibility index (Phi) is 10.6. The van der Waals surface area contributed by atoms with Crippen molar-refractivity contribution in [1.29, 1.82) is 0 Å². The number of aliphatic hydroxyl groups excluding tert-OH is 1. The van der Waals surface area contributed by atoms with E-state index >= 15 is 0 Å². The van der Waals surface area contributed by atoms with Gasteiger partial charge in [0, 0.05) is 11.6 Å². The molecule has 0 aliphatic heterocycles. The molecule has 0 radical (unpaired) electrons. The van der Waals surface area contributed by atoms with Crippen molar-refractivity contribution < 1.29 is 23.8 Å². The van der Waals surface area contributed by atoms with Crippen LogP contribution in [0.4, 0.5) is 4.79 Å². The summed E-state index contributed by atoms with van der Waals surface area (Å²) in [7, 11) is -1.90. The molecule has 0 spiro atoms. The fourth-order valence-electron chi connectivity index (χ4n) is 3.76. The fraction of sp³-hybridized carbons (Fsp3) is 0.424. The zero-order chi connectivity index (χ0) is 30.4. The third kappa shape index (κ3) is 10.1. The van der Waals surface area contributed by atoms with Gasteiger partial charge in [0.25, 0.3) is 0 Å². The maximum absolute atomic E-state index is 13.0. The van der Waals surface area contributed by atoms with Crippen LogP contribution in [0.2, 0.25) is 23.2 Å². The lowest BCUT2D eigenvalue weighted by Crippen LogP contribution is -2.43. The Morgan fingerprint density at radius 1 is 0.902 bits per heavy atom. The largest absolute Gasteiger partial charge is 0.543 e. The quantitative estimate of drug-likeness (QED) is 0.236. The number of carbonyl (C=O) groups excluding carboxylic acids is 1. The summed E-state index contributed by atoms with van der Waals surface area (Å²) in [6, 6.07) is 22.5. The van der Waals surface area contributed by atoms with Gasteiger partial charge in [0.05, 0.1) is 12.6 Å². The number of rotatable bonds is 10. The molecule has 3 aromatic rings.